The molecular weight excluding hydrogens is 274 g/mol. The second-order valence-corrected chi connectivity index (χ2v) is 7.49. The molecule has 0 saturated carbocycles. The lowest BCUT2D eigenvalue weighted by Gasteiger charge is -2.22. The van der Waals surface area contributed by atoms with Gasteiger partial charge in [0.05, 0.1) is 5.69 Å². The van der Waals surface area contributed by atoms with E-state index >= 15 is 0 Å². The van der Waals surface area contributed by atoms with Gasteiger partial charge in [0.15, 0.2) is 0 Å². The van der Waals surface area contributed by atoms with Crippen LogP contribution in [0.3, 0.4) is 0 Å². The van der Waals surface area contributed by atoms with Crippen LogP contribution in [0, 0.1) is 12.8 Å². The molecule has 1 aromatic rings. The summed E-state index contributed by atoms with van der Waals surface area (Å²) in [7, 11) is -3.34. The van der Waals surface area contributed by atoms with Crippen molar-refractivity contribution in [3.63, 3.8) is 0 Å². The van der Waals surface area contributed by atoms with Crippen LogP contribution in [-0.2, 0) is 10.2 Å². The number of hydrogen-bond acceptors (Lipinski definition) is 3. The molecule has 3 rings (SSSR count). The Morgan fingerprint density at radius 2 is 2.00 bits per heavy atom. The minimum Gasteiger partial charge on any atom is -0.316 e. The summed E-state index contributed by atoms with van der Waals surface area (Å²) in [6, 6.07) is 7.67. The van der Waals surface area contributed by atoms with E-state index in [1.807, 2.05) is 31.2 Å². The molecule has 20 heavy (non-hydrogen) atoms. The zero-order chi connectivity index (χ0) is 14.2. The lowest BCUT2D eigenvalue weighted by Crippen LogP contribution is -2.36. The van der Waals surface area contributed by atoms with Gasteiger partial charge in [0.1, 0.15) is 0 Å². The highest BCUT2D eigenvalue weighted by Gasteiger charge is 2.38. The topological polar surface area (TPSA) is 52.6 Å². The predicted octanol–water partition coefficient (Wildman–Crippen LogP) is 0.971. The van der Waals surface area contributed by atoms with E-state index in [0.717, 1.165) is 30.8 Å². The molecule has 0 aliphatic carbocycles. The number of rotatable bonds is 3. The third-order valence-electron chi connectivity index (χ3n) is 4.10. The van der Waals surface area contributed by atoms with Crippen molar-refractivity contribution in [1.29, 1.82) is 0 Å². The van der Waals surface area contributed by atoms with E-state index in [0.29, 0.717) is 25.6 Å². The van der Waals surface area contributed by atoms with Crippen LogP contribution >= 0.6 is 0 Å². The SMILES string of the molecule is Cc1ccc(N2CCN(CC3CCNC3)S2(=O)=O)cc1. The number of nitrogens with one attached hydrogen (secondary N) is 1. The predicted molar refractivity (Wildman–Crippen MR) is 80.0 cm³/mol. The molecule has 0 bridgehead atoms. The van der Waals surface area contributed by atoms with Crippen molar-refractivity contribution in [1.82, 2.24) is 9.62 Å². The summed E-state index contributed by atoms with van der Waals surface area (Å²) >= 11 is 0. The molecule has 1 atom stereocenters. The van der Waals surface area contributed by atoms with Gasteiger partial charge in [0.2, 0.25) is 0 Å². The quantitative estimate of drug-likeness (QED) is 0.904. The fourth-order valence-corrected chi connectivity index (χ4v) is 4.58. The van der Waals surface area contributed by atoms with E-state index < -0.39 is 10.2 Å². The Bertz CT molecular complexity index is 565. The van der Waals surface area contributed by atoms with Crippen molar-refractivity contribution >= 4 is 15.9 Å². The second-order valence-electron chi connectivity index (χ2n) is 5.63. The second kappa shape index (κ2) is 5.35. The Kier molecular flexibility index (Phi) is 3.70. The lowest BCUT2D eigenvalue weighted by atomic mass is 10.1. The minimum atomic E-state index is -3.34. The van der Waals surface area contributed by atoms with Crippen LogP contribution < -0.4 is 9.62 Å². The van der Waals surface area contributed by atoms with E-state index in [-0.39, 0.29) is 0 Å². The van der Waals surface area contributed by atoms with E-state index in [2.05, 4.69) is 5.32 Å². The van der Waals surface area contributed by atoms with Crippen molar-refractivity contribution < 1.29 is 8.42 Å². The van der Waals surface area contributed by atoms with Crippen molar-refractivity contribution in [2.24, 2.45) is 5.92 Å². The third kappa shape index (κ3) is 2.55. The van der Waals surface area contributed by atoms with Crippen LogP contribution in [0.4, 0.5) is 5.69 Å². The summed E-state index contributed by atoms with van der Waals surface area (Å²) < 4.78 is 28.3. The number of nitrogens with zero attached hydrogens (tertiary/aromatic N) is 2. The summed E-state index contributed by atoms with van der Waals surface area (Å²) in [6.45, 7) is 5.70. The van der Waals surface area contributed by atoms with Crippen LogP contribution in [0.5, 0.6) is 0 Å². The molecule has 2 fully saturated rings. The molecule has 2 heterocycles. The average Bonchev–Trinajstić information content (AvgIpc) is 3.01. The fraction of sp³-hybridized carbons (Fsp3) is 0.571. The van der Waals surface area contributed by atoms with E-state index in [4.69, 9.17) is 0 Å². The maximum Gasteiger partial charge on any atom is 0.304 e. The first-order valence-electron chi connectivity index (χ1n) is 7.12. The zero-order valence-corrected chi connectivity index (χ0v) is 12.6. The fourth-order valence-electron chi connectivity index (χ4n) is 2.89. The van der Waals surface area contributed by atoms with Crippen molar-refractivity contribution in [2.75, 3.05) is 37.0 Å². The smallest absolute Gasteiger partial charge is 0.304 e. The largest absolute Gasteiger partial charge is 0.316 e. The summed E-state index contributed by atoms with van der Waals surface area (Å²) in [6.07, 6.45) is 1.07. The first kappa shape index (κ1) is 13.9. The average molecular weight is 295 g/mol. The highest BCUT2D eigenvalue weighted by molar-refractivity contribution is 7.90. The molecular formula is C14H21N3O2S. The van der Waals surface area contributed by atoms with E-state index in [1.165, 1.54) is 4.31 Å². The Morgan fingerprint density at radius 1 is 1.25 bits per heavy atom. The van der Waals surface area contributed by atoms with Crippen LogP contribution in [0.2, 0.25) is 0 Å². The molecule has 2 aliphatic heterocycles. The van der Waals surface area contributed by atoms with Crippen LogP contribution in [0.1, 0.15) is 12.0 Å². The van der Waals surface area contributed by atoms with Crippen molar-refractivity contribution in [3.8, 4) is 0 Å². The molecule has 2 saturated heterocycles. The summed E-state index contributed by atoms with van der Waals surface area (Å²) in [5.41, 5.74) is 1.90. The highest BCUT2D eigenvalue weighted by atomic mass is 32.2. The van der Waals surface area contributed by atoms with Crippen LogP contribution in [0.25, 0.3) is 0 Å². The van der Waals surface area contributed by atoms with Crippen LogP contribution in [-0.4, -0.2) is 45.4 Å². The van der Waals surface area contributed by atoms with Gasteiger partial charge >= 0.3 is 10.2 Å². The van der Waals surface area contributed by atoms with Gasteiger partial charge in [-0.05, 0) is 44.5 Å². The van der Waals surface area contributed by atoms with Gasteiger partial charge in [-0.25, -0.2) is 0 Å². The third-order valence-corrected chi connectivity index (χ3v) is 6.04. The van der Waals surface area contributed by atoms with Crippen molar-refractivity contribution in [2.45, 2.75) is 13.3 Å². The first-order valence-corrected chi connectivity index (χ1v) is 8.52. The molecule has 6 heteroatoms. The van der Waals surface area contributed by atoms with Gasteiger partial charge in [-0.1, -0.05) is 17.7 Å². The Labute approximate surface area is 120 Å². The summed E-state index contributed by atoms with van der Waals surface area (Å²) in [5.74, 6) is 0.447. The maximum absolute atomic E-state index is 12.6. The van der Waals surface area contributed by atoms with Gasteiger partial charge < -0.3 is 5.32 Å². The molecule has 1 N–H and O–H groups in total. The number of benzene rings is 1. The molecule has 110 valence electrons. The molecule has 0 spiro atoms. The van der Waals surface area contributed by atoms with Gasteiger partial charge in [-0.2, -0.15) is 12.7 Å². The first-order chi connectivity index (χ1) is 9.57. The number of anilines is 1. The normalized spacial score (nSPS) is 26.2. The molecule has 0 radical (unpaired) electrons. The summed E-state index contributed by atoms with van der Waals surface area (Å²) in [4.78, 5) is 0. The van der Waals surface area contributed by atoms with Gasteiger partial charge in [0, 0.05) is 19.6 Å². The number of aryl methyl sites for hydroxylation is 1. The lowest BCUT2D eigenvalue weighted by molar-refractivity contribution is 0.381. The maximum atomic E-state index is 12.6. The molecule has 1 unspecified atom stereocenters. The molecule has 1 aromatic carbocycles. The highest BCUT2D eigenvalue weighted by Crippen LogP contribution is 2.26. The molecule has 5 nitrogen and oxygen atoms in total. The van der Waals surface area contributed by atoms with Gasteiger partial charge in [0.25, 0.3) is 0 Å². The Morgan fingerprint density at radius 3 is 2.65 bits per heavy atom. The molecule has 0 amide bonds. The number of hydrogen-bond donors (Lipinski definition) is 1. The zero-order valence-electron chi connectivity index (χ0n) is 11.7. The van der Waals surface area contributed by atoms with Gasteiger partial charge in [-0.15, -0.1) is 0 Å². The van der Waals surface area contributed by atoms with Gasteiger partial charge in [-0.3, -0.25) is 4.31 Å². The standard InChI is InChI=1S/C14H21N3O2S/c1-12-2-4-14(5-3-12)17-9-8-16(20(17,18)19)11-13-6-7-15-10-13/h2-5,13,15H,6-11H2,1H3. The summed E-state index contributed by atoms with van der Waals surface area (Å²) in [5, 5.41) is 3.29. The molecule has 0 aromatic heterocycles. The van der Waals surface area contributed by atoms with Crippen LogP contribution in [0.15, 0.2) is 24.3 Å². The Hall–Kier alpha value is -1.11. The van der Waals surface area contributed by atoms with E-state index in [9.17, 15) is 8.42 Å². The van der Waals surface area contributed by atoms with Crippen molar-refractivity contribution in [3.05, 3.63) is 29.8 Å². The minimum absolute atomic E-state index is 0.447. The monoisotopic (exact) mass is 295 g/mol. The Balaban J connectivity index is 1.76. The molecule has 2 aliphatic rings. The van der Waals surface area contributed by atoms with E-state index in [1.54, 1.807) is 4.31 Å².